The standard InChI is InChI=1S/C26H35FN2O3/c1-17-19-13-15-29(25(30)32-26(2,3)4)16-14-21(19)28-24-22(12-11-20(27)23(17)24)31-18-9-7-5-6-8-10-18/h11-12,18H,5-10,13-16H2,1-4H3. The first-order valence-corrected chi connectivity index (χ1v) is 12.0. The summed E-state index contributed by atoms with van der Waals surface area (Å²) in [6.45, 7) is 8.64. The normalized spacial score (nSPS) is 18.1. The molecular weight excluding hydrogens is 407 g/mol. The monoisotopic (exact) mass is 442 g/mol. The molecule has 5 nitrogen and oxygen atoms in total. The molecule has 1 amide bonds. The second-order valence-corrected chi connectivity index (χ2v) is 10.1. The fraction of sp³-hybridized carbons (Fsp3) is 0.615. The summed E-state index contributed by atoms with van der Waals surface area (Å²) in [7, 11) is 0. The number of nitrogens with zero attached hydrogens (tertiary/aromatic N) is 2. The highest BCUT2D eigenvalue weighted by Crippen LogP contribution is 2.35. The number of amides is 1. The number of rotatable bonds is 2. The van der Waals surface area contributed by atoms with E-state index in [0.717, 1.165) is 29.7 Å². The van der Waals surface area contributed by atoms with E-state index in [0.29, 0.717) is 42.6 Å². The van der Waals surface area contributed by atoms with Crippen molar-refractivity contribution >= 4 is 17.0 Å². The van der Waals surface area contributed by atoms with Gasteiger partial charge in [0.05, 0.1) is 6.10 Å². The molecule has 0 N–H and O–H groups in total. The van der Waals surface area contributed by atoms with E-state index in [9.17, 15) is 9.18 Å². The smallest absolute Gasteiger partial charge is 0.410 e. The van der Waals surface area contributed by atoms with E-state index in [1.165, 1.54) is 31.7 Å². The van der Waals surface area contributed by atoms with Crippen molar-refractivity contribution in [2.45, 2.75) is 90.8 Å². The first-order valence-electron chi connectivity index (χ1n) is 12.0. The largest absolute Gasteiger partial charge is 0.488 e. The summed E-state index contributed by atoms with van der Waals surface area (Å²) in [5.74, 6) is 0.404. The Morgan fingerprint density at radius 3 is 2.47 bits per heavy atom. The molecule has 4 rings (SSSR count). The summed E-state index contributed by atoms with van der Waals surface area (Å²) in [5, 5.41) is 0.542. The summed E-state index contributed by atoms with van der Waals surface area (Å²) in [6, 6.07) is 3.23. The van der Waals surface area contributed by atoms with Crippen LogP contribution in [0.5, 0.6) is 5.75 Å². The molecule has 1 aromatic carbocycles. The topological polar surface area (TPSA) is 51.7 Å². The third-order valence-electron chi connectivity index (χ3n) is 6.51. The minimum Gasteiger partial charge on any atom is -0.488 e. The van der Waals surface area contributed by atoms with Crippen molar-refractivity contribution in [1.29, 1.82) is 0 Å². The van der Waals surface area contributed by atoms with Crippen LogP contribution in [0.25, 0.3) is 10.9 Å². The van der Waals surface area contributed by atoms with Crippen molar-refractivity contribution in [2.75, 3.05) is 13.1 Å². The number of aromatic nitrogens is 1. The molecule has 0 bridgehead atoms. The zero-order valence-electron chi connectivity index (χ0n) is 19.8. The number of halogens is 1. The molecule has 174 valence electrons. The minimum atomic E-state index is -0.535. The van der Waals surface area contributed by atoms with Crippen molar-refractivity contribution in [3.8, 4) is 5.75 Å². The second-order valence-electron chi connectivity index (χ2n) is 10.1. The van der Waals surface area contributed by atoms with Crippen molar-refractivity contribution in [1.82, 2.24) is 9.88 Å². The van der Waals surface area contributed by atoms with Crippen LogP contribution >= 0.6 is 0 Å². The van der Waals surface area contributed by atoms with E-state index in [4.69, 9.17) is 14.5 Å². The Bertz CT molecular complexity index is 991. The van der Waals surface area contributed by atoms with E-state index >= 15 is 0 Å². The molecule has 0 radical (unpaired) electrons. The molecule has 2 aromatic rings. The highest BCUT2D eigenvalue weighted by Gasteiger charge is 2.27. The number of hydrogen-bond donors (Lipinski definition) is 0. The lowest BCUT2D eigenvalue weighted by molar-refractivity contribution is 0.0258. The fourth-order valence-corrected chi connectivity index (χ4v) is 4.87. The number of carbonyl (C=O) groups is 1. The lowest BCUT2D eigenvalue weighted by Gasteiger charge is -2.26. The van der Waals surface area contributed by atoms with Crippen LogP contribution in [0.15, 0.2) is 12.1 Å². The average Bonchev–Trinajstić information content (AvgIpc) is 3.10. The van der Waals surface area contributed by atoms with Gasteiger partial charge >= 0.3 is 6.09 Å². The van der Waals surface area contributed by atoms with Crippen LogP contribution in [0.3, 0.4) is 0 Å². The van der Waals surface area contributed by atoms with Gasteiger partial charge < -0.3 is 14.4 Å². The number of hydrogen-bond acceptors (Lipinski definition) is 4. The Kier molecular flexibility index (Phi) is 6.59. The molecule has 1 aliphatic heterocycles. The highest BCUT2D eigenvalue weighted by molar-refractivity contribution is 5.89. The van der Waals surface area contributed by atoms with Crippen LogP contribution in [0.4, 0.5) is 9.18 Å². The maximum absolute atomic E-state index is 15.0. The molecule has 0 atom stereocenters. The maximum Gasteiger partial charge on any atom is 0.410 e. The van der Waals surface area contributed by atoms with Gasteiger partial charge in [-0.2, -0.15) is 0 Å². The number of fused-ring (bicyclic) bond motifs is 2. The quantitative estimate of drug-likeness (QED) is 0.526. The molecular formula is C26H35FN2O3. The van der Waals surface area contributed by atoms with Gasteiger partial charge in [-0.1, -0.05) is 12.8 Å². The third kappa shape index (κ3) is 5.00. The summed E-state index contributed by atoms with van der Waals surface area (Å²) < 4.78 is 26.9. The van der Waals surface area contributed by atoms with E-state index in [2.05, 4.69) is 0 Å². The SMILES string of the molecule is Cc1c2c(nc3c(OC4CCCCCC4)ccc(F)c13)CCN(C(=O)OC(C)(C)C)CC2. The number of aryl methyl sites for hydroxylation is 1. The highest BCUT2D eigenvalue weighted by atomic mass is 19.1. The van der Waals surface area contributed by atoms with Gasteiger partial charge in [-0.25, -0.2) is 14.2 Å². The third-order valence-corrected chi connectivity index (χ3v) is 6.51. The summed E-state index contributed by atoms with van der Waals surface area (Å²) in [5.41, 5.74) is 2.94. The number of carbonyl (C=O) groups excluding carboxylic acids is 1. The van der Waals surface area contributed by atoms with Gasteiger partial charge in [0.15, 0.2) is 0 Å². The van der Waals surface area contributed by atoms with Gasteiger partial charge in [-0.15, -0.1) is 0 Å². The fourth-order valence-electron chi connectivity index (χ4n) is 4.87. The van der Waals surface area contributed by atoms with Crippen molar-refractivity contribution in [2.24, 2.45) is 0 Å². The number of pyridine rings is 1. The number of ether oxygens (including phenoxy) is 2. The Morgan fingerprint density at radius 2 is 1.78 bits per heavy atom. The van der Waals surface area contributed by atoms with E-state index in [-0.39, 0.29) is 18.0 Å². The lowest BCUT2D eigenvalue weighted by Crippen LogP contribution is -2.38. The van der Waals surface area contributed by atoms with Gasteiger partial charge in [0, 0.05) is 30.6 Å². The predicted molar refractivity (Wildman–Crippen MR) is 124 cm³/mol. The van der Waals surface area contributed by atoms with E-state index < -0.39 is 5.60 Å². The van der Waals surface area contributed by atoms with Crippen LogP contribution in [-0.4, -0.2) is 40.8 Å². The van der Waals surface area contributed by atoms with E-state index in [1.54, 1.807) is 11.0 Å². The summed E-state index contributed by atoms with van der Waals surface area (Å²) >= 11 is 0. The minimum absolute atomic E-state index is 0.162. The molecule has 1 saturated carbocycles. The van der Waals surface area contributed by atoms with Gasteiger partial charge in [0.2, 0.25) is 0 Å². The van der Waals surface area contributed by atoms with Crippen molar-refractivity contribution in [3.63, 3.8) is 0 Å². The van der Waals surface area contributed by atoms with Gasteiger partial charge in [0.25, 0.3) is 0 Å². The Morgan fingerprint density at radius 1 is 1.09 bits per heavy atom. The Balaban J connectivity index is 1.65. The molecule has 0 saturated heterocycles. The van der Waals surface area contributed by atoms with Crippen LogP contribution in [0.2, 0.25) is 0 Å². The van der Waals surface area contributed by atoms with Gasteiger partial charge in [-0.3, -0.25) is 0 Å². The Hall–Kier alpha value is -2.37. The molecule has 1 aromatic heterocycles. The molecule has 32 heavy (non-hydrogen) atoms. The molecule has 2 aliphatic rings. The van der Waals surface area contributed by atoms with Gasteiger partial charge in [-0.05, 0) is 83.1 Å². The second kappa shape index (κ2) is 9.24. The average molecular weight is 443 g/mol. The van der Waals surface area contributed by atoms with Gasteiger partial charge in [0.1, 0.15) is 22.7 Å². The molecule has 1 fully saturated rings. The van der Waals surface area contributed by atoms with Crippen molar-refractivity contribution in [3.05, 3.63) is 34.8 Å². The molecule has 2 heterocycles. The first kappa shape index (κ1) is 22.8. The van der Waals surface area contributed by atoms with Crippen LogP contribution < -0.4 is 4.74 Å². The summed E-state index contributed by atoms with van der Waals surface area (Å²) in [6.07, 6.45) is 8.03. The predicted octanol–water partition coefficient (Wildman–Crippen LogP) is 6.12. The lowest BCUT2D eigenvalue weighted by atomic mass is 9.98. The molecule has 1 aliphatic carbocycles. The molecule has 0 spiro atoms. The number of benzene rings is 1. The zero-order valence-corrected chi connectivity index (χ0v) is 19.8. The van der Waals surface area contributed by atoms with E-state index in [1.807, 2.05) is 27.7 Å². The first-order chi connectivity index (χ1) is 15.2. The van der Waals surface area contributed by atoms with Crippen LogP contribution in [0, 0.1) is 12.7 Å². The zero-order chi connectivity index (χ0) is 22.9. The Labute approximate surface area is 190 Å². The van der Waals surface area contributed by atoms with Crippen LogP contribution in [-0.2, 0) is 17.6 Å². The van der Waals surface area contributed by atoms with Crippen LogP contribution in [0.1, 0.15) is 76.1 Å². The maximum atomic E-state index is 15.0. The van der Waals surface area contributed by atoms with Crippen molar-refractivity contribution < 1.29 is 18.7 Å². The summed E-state index contributed by atoms with van der Waals surface area (Å²) in [4.78, 5) is 19.2. The molecule has 0 unspecified atom stereocenters. The molecule has 6 heteroatoms.